The third-order valence-electron chi connectivity index (χ3n) is 2.70. The average Bonchev–Trinajstić information content (AvgIpc) is 2.82. The monoisotopic (exact) mass is 218 g/mol. The van der Waals surface area contributed by atoms with Crippen LogP contribution in [0.2, 0.25) is 0 Å². The van der Waals surface area contributed by atoms with Crippen molar-refractivity contribution in [3.63, 3.8) is 0 Å². The fourth-order valence-corrected chi connectivity index (χ4v) is 1.73. The van der Waals surface area contributed by atoms with Crippen molar-refractivity contribution in [1.29, 1.82) is 0 Å². The topological polar surface area (TPSA) is 60.6 Å². The number of imidazole rings is 1. The smallest absolute Gasteiger partial charge is 0.203 e. The first-order chi connectivity index (χ1) is 7.93. The van der Waals surface area contributed by atoms with Crippen LogP contribution >= 0.6 is 0 Å². The minimum Gasteiger partial charge on any atom is -0.354 e. The van der Waals surface area contributed by atoms with Crippen molar-refractivity contribution >= 4 is 5.95 Å². The van der Waals surface area contributed by atoms with Gasteiger partial charge in [-0.25, -0.2) is 4.98 Å². The van der Waals surface area contributed by atoms with Crippen LogP contribution in [-0.4, -0.2) is 31.1 Å². The number of rotatable bonds is 5. The highest BCUT2D eigenvalue weighted by Gasteiger charge is 2.25. The van der Waals surface area contributed by atoms with Crippen molar-refractivity contribution in [2.45, 2.75) is 25.4 Å². The van der Waals surface area contributed by atoms with E-state index in [0.29, 0.717) is 6.04 Å². The molecule has 0 spiro atoms. The molecule has 0 radical (unpaired) electrons. The molecule has 1 N–H and O–H groups in total. The predicted molar refractivity (Wildman–Crippen MR) is 59.0 cm³/mol. The zero-order chi connectivity index (χ0) is 10.8. The van der Waals surface area contributed by atoms with Crippen LogP contribution < -0.4 is 5.32 Å². The van der Waals surface area contributed by atoms with Crippen LogP contribution in [0.3, 0.4) is 0 Å². The summed E-state index contributed by atoms with van der Waals surface area (Å²) >= 11 is 0. The molecular weight excluding hydrogens is 204 g/mol. The third kappa shape index (κ3) is 1.91. The van der Waals surface area contributed by atoms with Gasteiger partial charge in [0, 0.05) is 31.2 Å². The van der Waals surface area contributed by atoms with Crippen LogP contribution in [0, 0.1) is 0 Å². The number of nitrogens with zero attached hydrogens (tertiary/aromatic N) is 5. The molecule has 6 nitrogen and oxygen atoms in total. The quantitative estimate of drug-likeness (QED) is 0.810. The molecule has 1 aliphatic carbocycles. The van der Waals surface area contributed by atoms with Crippen molar-refractivity contribution in [2.75, 3.05) is 11.9 Å². The van der Waals surface area contributed by atoms with E-state index in [9.17, 15) is 0 Å². The van der Waals surface area contributed by atoms with Crippen molar-refractivity contribution in [2.24, 2.45) is 0 Å². The Hall–Kier alpha value is -1.85. The van der Waals surface area contributed by atoms with Gasteiger partial charge in [-0.1, -0.05) is 5.21 Å². The number of hydrogen-bond acceptors (Lipinski definition) is 4. The minimum absolute atomic E-state index is 0.663. The van der Waals surface area contributed by atoms with Gasteiger partial charge in [0.15, 0.2) is 0 Å². The Labute approximate surface area is 93.3 Å². The Morgan fingerprint density at radius 1 is 1.31 bits per heavy atom. The second kappa shape index (κ2) is 3.96. The summed E-state index contributed by atoms with van der Waals surface area (Å²) in [5.74, 6) is 0.961. The molecule has 6 heteroatoms. The highest BCUT2D eigenvalue weighted by Crippen LogP contribution is 2.36. The van der Waals surface area contributed by atoms with E-state index in [0.717, 1.165) is 19.0 Å². The lowest BCUT2D eigenvalue weighted by molar-refractivity contribution is 0.604. The predicted octanol–water partition coefficient (Wildman–Crippen LogP) is 0.922. The lowest BCUT2D eigenvalue weighted by Crippen LogP contribution is -2.14. The molecule has 2 aromatic heterocycles. The summed E-state index contributed by atoms with van der Waals surface area (Å²) in [6, 6.07) is 0.663. The fraction of sp³-hybridized carbons (Fsp3) is 0.500. The number of nitrogens with one attached hydrogen (secondary N) is 1. The highest BCUT2D eigenvalue weighted by atomic mass is 15.4. The van der Waals surface area contributed by atoms with Gasteiger partial charge in [0.05, 0.1) is 12.7 Å². The van der Waals surface area contributed by atoms with Gasteiger partial charge in [0.2, 0.25) is 5.95 Å². The van der Waals surface area contributed by atoms with E-state index in [2.05, 4.69) is 25.2 Å². The number of anilines is 1. The normalized spacial score (nSPS) is 15.2. The molecule has 0 aliphatic heterocycles. The molecular formula is C10H14N6. The van der Waals surface area contributed by atoms with Crippen molar-refractivity contribution in [3.8, 4) is 0 Å². The van der Waals surface area contributed by atoms with Gasteiger partial charge in [-0.05, 0) is 12.8 Å². The summed E-state index contributed by atoms with van der Waals surface area (Å²) in [6.07, 6.45) is 9.97. The lowest BCUT2D eigenvalue weighted by Gasteiger charge is -2.08. The third-order valence-corrected chi connectivity index (χ3v) is 2.70. The van der Waals surface area contributed by atoms with Gasteiger partial charge in [-0.2, -0.15) is 0 Å². The van der Waals surface area contributed by atoms with Crippen molar-refractivity contribution in [1.82, 2.24) is 24.5 Å². The molecule has 0 atom stereocenters. The second-order valence-electron chi connectivity index (χ2n) is 3.98. The maximum Gasteiger partial charge on any atom is 0.203 e. The molecule has 1 fully saturated rings. The molecule has 2 heterocycles. The average molecular weight is 218 g/mol. The van der Waals surface area contributed by atoms with Crippen molar-refractivity contribution < 1.29 is 0 Å². The van der Waals surface area contributed by atoms with Crippen molar-refractivity contribution in [3.05, 3.63) is 24.8 Å². The Bertz CT molecular complexity index is 442. The van der Waals surface area contributed by atoms with Crippen LogP contribution in [0.15, 0.2) is 24.8 Å². The van der Waals surface area contributed by atoms with Gasteiger partial charge in [-0.15, -0.1) is 5.10 Å². The number of hydrogen-bond donors (Lipinski definition) is 1. The SMILES string of the molecule is c1cn(CCNc2nccn2C2CC2)nn1. The van der Waals surface area contributed by atoms with Gasteiger partial charge >= 0.3 is 0 Å². The molecule has 2 aromatic rings. The standard InChI is InChI=1S/C10H14N6/c1-2-9(1)16-8-4-12-10(16)11-3-6-15-7-5-13-14-15/h4-5,7-9H,1-3,6H2,(H,11,12). The second-order valence-corrected chi connectivity index (χ2v) is 3.98. The maximum atomic E-state index is 4.30. The lowest BCUT2D eigenvalue weighted by atomic mass is 10.6. The largest absolute Gasteiger partial charge is 0.354 e. The summed E-state index contributed by atoms with van der Waals surface area (Å²) in [6.45, 7) is 1.62. The first-order valence-corrected chi connectivity index (χ1v) is 5.54. The summed E-state index contributed by atoms with van der Waals surface area (Å²) in [4.78, 5) is 4.30. The number of aromatic nitrogens is 5. The van der Waals surface area contributed by atoms with Gasteiger partial charge in [-0.3, -0.25) is 4.68 Å². The molecule has 0 saturated heterocycles. The van der Waals surface area contributed by atoms with E-state index in [1.807, 2.05) is 18.6 Å². The van der Waals surface area contributed by atoms with Gasteiger partial charge in [0.25, 0.3) is 0 Å². The molecule has 1 saturated carbocycles. The Balaban J connectivity index is 1.56. The molecule has 16 heavy (non-hydrogen) atoms. The summed E-state index contributed by atoms with van der Waals surface area (Å²) in [7, 11) is 0. The van der Waals surface area contributed by atoms with E-state index in [1.165, 1.54) is 12.8 Å². The maximum absolute atomic E-state index is 4.30. The minimum atomic E-state index is 0.663. The van der Waals surface area contributed by atoms with E-state index < -0.39 is 0 Å². The van der Waals surface area contributed by atoms with Crippen LogP contribution in [0.5, 0.6) is 0 Å². The highest BCUT2D eigenvalue weighted by molar-refractivity contribution is 5.27. The summed E-state index contributed by atoms with van der Waals surface area (Å²) in [5, 5.41) is 11.0. The molecule has 0 amide bonds. The molecule has 3 rings (SSSR count). The molecule has 84 valence electrons. The van der Waals surface area contributed by atoms with Gasteiger partial charge < -0.3 is 9.88 Å². The van der Waals surface area contributed by atoms with Gasteiger partial charge in [0.1, 0.15) is 0 Å². The Kier molecular flexibility index (Phi) is 2.32. The van der Waals surface area contributed by atoms with Crippen LogP contribution in [-0.2, 0) is 6.54 Å². The fourth-order valence-electron chi connectivity index (χ4n) is 1.73. The van der Waals surface area contributed by atoms with E-state index in [-0.39, 0.29) is 0 Å². The zero-order valence-electron chi connectivity index (χ0n) is 8.95. The van der Waals surface area contributed by atoms with Crippen LogP contribution in [0.1, 0.15) is 18.9 Å². The summed E-state index contributed by atoms with van der Waals surface area (Å²) < 4.78 is 4.01. The van der Waals surface area contributed by atoms with E-state index >= 15 is 0 Å². The van der Waals surface area contributed by atoms with E-state index in [1.54, 1.807) is 10.9 Å². The molecule has 1 aliphatic rings. The first-order valence-electron chi connectivity index (χ1n) is 5.54. The molecule has 0 bridgehead atoms. The molecule has 0 aromatic carbocycles. The Morgan fingerprint density at radius 2 is 2.25 bits per heavy atom. The zero-order valence-corrected chi connectivity index (χ0v) is 8.95. The van der Waals surface area contributed by atoms with E-state index in [4.69, 9.17) is 0 Å². The first kappa shape index (κ1) is 9.38. The van der Waals surface area contributed by atoms with Crippen LogP contribution in [0.25, 0.3) is 0 Å². The molecule has 0 unspecified atom stereocenters. The summed E-state index contributed by atoms with van der Waals surface area (Å²) in [5.41, 5.74) is 0. The Morgan fingerprint density at radius 3 is 3.00 bits per heavy atom. The van der Waals surface area contributed by atoms with Crippen LogP contribution in [0.4, 0.5) is 5.95 Å².